The molecule has 0 N–H and O–H groups in total. The van der Waals surface area contributed by atoms with Gasteiger partial charge in [0.25, 0.3) is 0 Å². The molecule has 3 heterocycles. The molecule has 11 atom stereocenters. The summed E-state index contributed by atoms with van der Waals surface area (Å²) in [5.74, 6) is -0.302. The van der Waals surface area contributed by atoms with Gasteiger partial charge in [0.05, 0.1) is 24.5 Å². The van der Waals surface area contributed by atoms with E-state index in [0.29, 0.717) is 6.42 Å². The van der Waals surface area contributed by atoms with E-state index in [2.05, 4.69) is 20.8 Å². The molecule has 0 bridgehead atoms. The molecule has 1 unspecified atom stereocenters. The summed E-state index contributed by atoms with van der Waals surface area (Å²) in [6, 6.07) is 1.89. The van der Waals surface area contributed by atoms with Crippen molar-refractivity contribution in [3.05, 3.63) is 24.2 Å². The van der Waals surface area contributed by atoms with E-state index in [9.17, 15) is 14.4 Å². The Morgan fingerprint density at radius 3 is 2.51 bits per heavy atom. The molecule has 4 aliphatic carbocycles. The fourth-order valence-electron chi connectivity index (χ4n) is 10.4. The molecule has 35 heavy (non-hydrogen) atoms. The average molecular weight is 483 g/mol. The first-order valence-electron chi connectivity index (χ1n) is 13.0. The standard InChI is InChI=1S/C28H34O7/c1-13(29)33-17-11-16-24(2,3)21(31)20-23(34-20)26(16,5)15-7-9-25(4)18(14-8-10-32-12-14)19(30)22-28(25,35-22)27(15,17)6/h8,10,12,15-18,20,22-23H,7,9,11H2,1-6H3/t15?,16-,17+,18+,20+,22+,23+,25-,26+,27-,28+/m0/s1. The van der Waals surface area contributed by atoms with Crippen molar-refractivity contribution < 1.29 is 33.0 Å². The fraction of sp³-hybridized carbons (Fsp3) is 0.750. The summed E-state index contributed by atoms with van der Waals surface area (Å²) >= 11 is 0. The number of rotatable bonds is 2. The average Bonchev–Trinajstić information content (AvgIpc) is 3.66. The van der Waals surface area contributed by atoms with Gasteiger partial charge in [0.15, 0.2) is 11.6 Å². The number of epoxide rings is 2. The molecule has 1 aromatic heterocycles. The summed E-state index contributed by atoms with van der Waals surface area (Å²) < 4.78 is 24.2. The molecule has 4 saturated carbocycles. The number of hydrogen-bond acceptors (Lipinski definition) is 7. The molecule has 2 aliphatic heterocycles. The van der Waals surface area contributed by atoms with Crippen LogP contribution in [0.15, 0.2) is 23.0 Å². The Balaban J connectivity index is 1.41. The highest BCUT2D eigenvalue weighted by Crippen LogP contribution is 2.82. The molecule has 7 rings (SSSR count). The van der Waals surface area contributed by atoms with Crippen LogP contribution in [0.25, 0.3) is 0 Å². The highest BCUT2D eigenvalue weighted by Gasteiger charge is 2.91. The minimum absolute atomic E-state index is 0.00778. The van der Waals surface area contributed by atoms with Crippen LogP contribution in [-0.2, 0) is 28.6 Å². The van der Waals surface area contributed by atoms with Gasteiger partial charge < -0.3 is 18.6 Å². The smallest absolute Gasteiger partial charge is 0.302 e. The van der Waals surface area contributed by atoms with E-state index in [1.54, 1.807) is 12.5 Å². The van der Waals surface area contributed by atoms with E-state index < -0.39 is 34.1 Å². The van der Waals surface area contributed by atoms with Gasteiger partial charge in [-0.1, -0.05) is 34.6 Å². The fourth-order valence-corrected chi connectivity index (χ4v) is 10.4. The van der Waals surface area contributed by atoms with Crippen molar-refractivity contribution >= 4 is 17.5 Å². The van der Waals surface area contributed by atoms with Crippen molar-refractivity contribution in [1.82, 2.24) is 0 Å². The largest absolute Gasteiger partial charge is 0.472 e. The third-order valence-electron chi connectivity index (χ3n) is 11.8. The number of ether oxygens (including phenoxy) is 3. The molecule has 7 heteroatoms. The van der Waals surface area contributed by atoms with Gasteiger partial charge in [-0.15, -0.1) is 0 Å². The summed E-state index contributed by atoms with van der Waals surface area (Å²) in [6.45, 7) is 12.2. The van der Waals surface area contributed by atoms with Crippen LogP contribution in [0.5, 0.6) is 0 Å². The topological polar surface area (TPSA) is 98.6 Å². The number of esters is 1. The van der Waals surface area contributed by atoms with E-state index in [4.69, 9.17) is 18.6 Å². The van der Waals surface area contributed by atoms with Gasteiger partial charge in [-0.3, -0.25) is 14.4 Å². The Kier molecular flexibility index (Phi) is 3.88. The zero-order valence-corrected chi connectivity index (χ0v) is 21.3. The third-order valence-corrected chi connectivity index (χ3v) is 11.8. The molecule has 1 spiro atoms. The van der Waals surface area contributed by atoms with Gasteiger partial charge in [-0.2, -0.15) is 0 Å². The monoisotopic (exact) mass is 482 g/mol. The number of Topliss-reactive ketones (excluding diaryl/α,β-unsaturated/α-hetero) is 2. The summed E-state index contributed by atoms with van der Waals surface area (Å²) in [4.78, 5) is 39.5. The van der Waals surface area contributed by atoms with Crippen molar-refractivity contribution in [2.24, 2.45) is 33.5 Å². The minimum Gasteiger partial charge on any atom is -0.472 e. The molecule has 7 nitrogen and oxygen atoms in total. The van der Waals surface area contributed by atoms with Crippen LogP contribution in [-0.4, -0.2) is 47.6 Å². The van der Waals surface area contributed by atoms with Gasteiger partial charge >= 0.3 is 5.97 Å². The second-order valence-electron chi connectivity index (χ2n) is 13.2. The lowest BCUT2D eigenvalue weighted by molar-refractivity contribution is -0.246. The molecule has 6 aliphatic rings. The van der Waals surface area contributed by atoms with Crippen LogP contribution < -0.4 is 0 Å². The molecule has 0 amide bonds. The Labute approximate surface area is 205 Å². The highest BCUT2D eigenvalue weighted by atomic mass is 16.6. The van der Waals surface area contributed by atoms with Crippen molar-refractivity contribution in [3.63, 3.8) is 0 Å². The summed E-state index contributed by atoms with van der Waals surface area (Å²) in [7, 11) is 0. The van der Waals surface area contributed by atoms with Crippen molar-refractivity contribution in [1.29, 1.82) is 0 Å². The first-order valence-corrected chi connectivity index (χ1v) is 13.0. The molecular weight excluding hydrogens is 448 g/mol. The Hall–Kier alpha value is -1.99. The Morgan fingerprint density at radius 2 is 1.86 bits per heavy atom. The van der Waals surface area contributed by atoms with Crippen LogP contribution in [0, 0.1) is 33.5 Å². The first-order chi connectivity index (χ1) is 16.4. The summed E-state index contributed by atoms with van der Waals surface area (Å²) in [6.07, 6.45) is 4.07. The maximum atomic E-state index is 13.8. The van der Waals surface area contributed by atoms with E-state index in [0.717, 1.165) is 18.4 Å². The molecule has 1 aromatic rings. The zero-order chi connectivity index (χ0) is 24.9. The van der Waals surface area contributed by atoms with E-state index in [-0.39, 0.29) is 52.9 Å². The molecule has 0 radical (unpaired) electrons. The van der Waals surface area contributed by atoms with E-state index in [1.165, 1.54) is 6.92 Å². The Bertz CT molecular complexity index is 1170. The Morgan fingerprint density at radius 1 is 1.11 bits per heavy atom. The first kappa shape index (κ1) is 22.2. The molecule has 188 valence electrons. The lowest BCUT2D eigenvalue weighted by Crippen LogP contribution is -2.72. The predicted molar refractivity (Wildman–Crippen MR) is 122 cm³/mol. The number of fused-ring (bicyclic) bond motifs is 5. The summed E-state index contributed by atoms with van der Waals surface area (Å²) in [5, 5.41) is 0. The summed E-state index contributed by atoms with van der Waals surface area (Å²) in [5.41, 5.74) is -1.74. The molecular formula is C28H34O7. The van der Waals surface area contributed by atoms with Gasteiger partial charge in [0.2, 0.25) is 0 Å². The number of carbonyl (C=O) groups excluding carboxylic acids is 3. The molecule has 6 fully saturated rings. The predicted octanol–water partition coefficient (Wildman–Crippen LogP) is 3.84. The maximum Gasteiger partial charge on any atom is 0.302 e. The van der Waals surface area contributed by atoms with Gasteiger partial charge in [0, 0.05) is 34.1 Å². The van der Waals surface area contributed by atoms with Crippen molar-refractivity contribution in [2.45, 2.75) is 96.7 Å². The van der Waals surface area contributed by atoms with E-state index in [1.807, 2.05) is 19.9 Å². The number of ketones is 2. The zero-order valence-electron chi connectivity index (χ0n) is 21.3. The van der Waals surface area contributed by atoms with E-state index >= 15 is 0 Å². The lowest BCUT2D eigenvalue weighted by Gasteiger charge is -2.68. The molecule has 2 saturated heterocycles. The minimum atomic E-state index is -0.730. The van der Waals surface area contributed by atoms with Crippen LogP contribution in [0.3, 0.4) is 0 Å². The third kappa shape index (κ3) is 2.14. The van der Waals surface area contributed by atoms with Crippen LogP contribution in [0.2, 0.25) is 0 Å². The van der Waals surface area contributed by atoms with Crippen molar-refractivity contribution in [3.8, 4) is 0 Å². The quantitative estimate of drug-likeness (QED) is 0.466. The molecule has 0 aromatic carbocycles. The number of carbonyl (C=O) groups is 3. The number of hydrogen-bond donors (Lipinski definition) is 0. The van der Waals surface area contributed by atoms with Gasteiger partial charge in [0.1, 0.15) is 23.9 Å². The van der Waals surface area contributed by atoms with Crippen LogP contribution in [0.1, 0.15) is 72.3 Å². The second kappa shape index (κ2) is 6.10. The van der Waals surface area contributed by atoms with Crippen molar-refractivity contribution in [2.75, 3.05) is 0 Å². The lowest BCUT2D eigenvalue weighted by atomic mass is 9.35. The van der Waals surface area contributed by atoms with Crippen LogP contribution in [0.4, 0.5) is 0 Å². The van der Waals surface area contributed by atoms with Crippen LogP contribution >= 0.6 is 0 Å². The maximum absolute atomic E-state index is 13.8. The normalized spacial score (nSPS) is 54.6. The number of furan rings is 1. The highest BCUT2D eigenvalue weighted by molar-refractivity contribution is 5.98. The SMILES string of the molecule is CC(=O)O[C@@H]1C[C@H]2C(C)(C)C(=O)[C@H]3O[C@H]3[C@]2(C)C2CC[C@@]3(C)[C@H](c4ccoc4)C(=O)[C@H]4O[C@]43[C@@]21C. The second-order valence-corrected chi connectivity index (χ2v) is 13.2. The van der Waals surface area contributed by atoms with Gasteiger partial charge in [-0.25, -0.2) is 0 Å². The van der Waals surface area contributed by atoms with Gasteiger partial charge in [-0.05, 0) is 37.2 Å².